The molecular formula is C13H18Cl2N2O. The Morgan fingerprint density at radius 1 is 1.28 bits per heavy atom. The second kappa shape index (κ2) is 7.49. The molecule has 1 aromatic carbocycles. The molecule has 0 saturated heterocycles. The average molecular weight is 289 g/mol. The van der Waals surface area contributed by atoms with E-state index in [2.05, 4.69) is 24.5 Å². The number of para-hydroxylation sites is 1. The zero-order valence-electron chi connectivity index (χ0n) is 10.6. The van der Waals surface area contributed by atoms with Gasteiger partial charge in [-0.3, -0.25) is 4.79 Å². The van der Waals surface area contributed by atoms with E-state index in [9.17, 15) is 4.79 Å². The third-order valence-corrected chi connectivity index (χ3v) is 3.06. The zero-order chi connectivity index (χ0) is 13.5. The van der Waals surface area contributed by atoms with E-state index in [1.165, 1.54) is 0 Å². The number of hydrogen-bond donors (Lipinski definition) is 2. The van der Waals surface area contributed by atoms with Crippen molar-refractivity contribution in [3.63, 3.8) is 0 Å². The minimum Gasteiger partial charge on any atom is -0.374 e. The van der Waals surface area contributed by atoms with Gasteiger partial charge in [0.25, 0.3) is 0 Å². The highest BCUT2D eigenvalue weighted by molar-refractivity contribution is 6.39. The van der Waals surface area contributed by atoms with Crippen LogP contribution in [0.4, 0.5) is 5.69 Å². The van der Waals surface area contributed by atoms with E-state index in [0.29, 0.717) is 28.2 Å². The van der Waals surface area contributed by atoms with Crippen LogP contribution in [0.15, 0.2) is 18.2 Å². The summed E-state index contributed by atoms with van der Waals surface area (Å²) in [5.74, 6) is 0.517. The van der Waals surface area contributed by atoms with E-state index in [4.69, 9.17) is 23.2 Å². The smallest absolute Gasteiger partial charge is 0.239 e. The van der Waals surface area contributed by atoms with Gasteiger partial charge in [0.1, 0.15) is 0 Å². The number of carbonyl (C=O) groups is 1. The molecule has 1 amide bonds. The monoisotopic (exact) mass is 288 g/mol. The minimum absolute atomic E-state index is 0.0633. The van der Waals surface area contributed by atoms with E-state index in [-0.39, 0.29) is 12.5 Å². The molecule has 2 N–H and O–H groups in total. The Bertz CT molecular complexity index is 388. The maximum atomic E-state index is 11.6. The fourth-order valence-electron chi connectivity index (χ4n) is 1.40. The summed E-state index contributed by atoms with van der Waals surface area (Å²) in [4.78, 5) is 11.6. The van der Waals surface area contributed by atoms with Crippen molar-refractivity contribution in [3.8, 4) is 0 Å². The van der Waals surface area contributed by atoms with Gasteiger partial charge in [-0.15, -0.1) is 0 Å². The molecular weight excluding hydrogens is 271 g/mol. The van der Waals surface area contributed by atoms with Crippen LogP contribution in [0, 0.1) is 5.92 Å². The Kier molecular flexibility index (Phi) is 6.30. The molecule has 100 valence electrons. The van der Waals surface area contributed by atoms with E-state index < -0.39 is 0 Å². The minimum atomic E-state index is -0.0633. The number of halogens is 2. The second-order valence-corrected chi connectivity index (χ2v) is 5.30. The van der Waals surface area contributed by atoms with E-state index in [1.54, 1.807) is 18.2 Å². The first kappa shape index (κ1) is 15.1. The molecule has 0 saturated carbocycles. The first-order valence-corrected chi connectivity index (χ1v) is 6.71. The van der Waals surface area contributed by atoms with Crippen LogP contribution in [-0.4, -0.2) is 19.0 Å². The fraction of sp³-hybridized carbons (Fsp3) is 0.462. The van der Waals surface area contributed by atoms with Crippen molar-refractivity contribution in [2.75, 3.05) is 18.4 Å². The van der Waals surface area contributed by atoms with Crippen molar-refractivity contribution in [3.05, 3.63) is 28.2 Å². The average Bonchev–Trinajstić information content (AvgIpc) is 2.27. The lowest BCUT2D eigenvalue weighted by atomic mass is 10.1. The van der Waals surface area contributed by atoms with E-state index in [1.807, 2.05) is 0 Å². The topological polar surface area (TPSA) is 41.1 Å². The molecule has 0 atom stereocenters. The summed E-state index contributed by atoms with van der Waals surface area (Å²) in [6, 6.07) is 5.22. The number of benzene rings is 1. The lowest BCUT2D eigenvalue weighted by Crippen LogP contribution is -2.31. The van der Waals surface area contributed by atoms with Crippen LogP contribution >= 0.6 is 23.2 Å². The Labute approximate surface area is 118 Å². The predicted molar refractivity (Wildman–Crippen MR) is 77.4 cm³/mol. The summed E-state index contributed by atoms with van der Waals surface area (Å²) in [6.45, 7) is 5.10. The van der Waals surface area contributed by atoms with Crippen molar-refractivity contribution in [1.82, 2.24) is 5.32 Å². The summed E-state index contributed by atoms with van der Waals surface area (Å²) in [6.07, 6.45) is 0.971. The molecule has 18 heavy (non-hydrogen) atoms. The molecule has 0 aliphatic rings. The molecule has 3 nitrogen and oxygen atoms in total. The molecule has 0 aliphatic carbocycles. The molecule has 5 heteroatoms. The molecule has 0 fully saturated rings. The maximum absolute atomic E-state index is 11.6. The molecule has 0 bridgehead atoms. The number of carbonyl (C=O) groups excluding carboxylic acids is 1. The first-order chi connectivity index (χ1) is 8.50. The molecule has 0 spiro atoms. The molecule has 1 aromatic rings. The van der Waals surface area contributed by atoms with Crippen LogP contribution in [0.5, 0.6) is 0 Å². The Hall–Kier alpha value is -0.930. The summed E-state index contributed by atoms with van der Waals surface area (Å²) in [7, 11) is 0. The number of anilines is 1. The summed E-state index contributed by atoms with van der Waals surface area (Å²) in [5, 5.41) is 6.80. The number of hydrogen-bond acceptors (Lipinski definition) is 2. The molecule has 0 aromatic heterocycles. The normalized spacial score (nSPS) is 10.5. The third kappa shape index (κ3) is 5.15. The SMILES string of the molecule is CC(C)CCNC(=O)CNc1c(Cl)cccc1Cl. The van der Waals surface area contributed by atoms with Gasteiger partial charge in [-0.25, -0.2) is 0 Å². The van der Waals surface area contributed by atoms with Crippen LogP contribution in [-0.2, 0) is 4.79 Å². The van der Waals surface area contributed by atoms with E-state index >= 15 is 0 Å². The highest BCUT2D eigenvalue weighted by Crippen LogP contribution is 2.29. The van der Waals surface area contributed by atoms with Gasteiger partial charge in [0.05, 0.1) is 22.3 Å². The first-order valence-electron chi connectivity index (χ1n) is 5.95. The van der Waals surface area contributed by atoms with Crippen molar-refractivity contribution >= 4 is 34.8 Å². The van der Waals surface area contributed by atoms with Crippen LogP contribution in [0.3, 0.4) is 0 Å². The van der Waals surface area contributed by atoms with Crippen LogP contribution in [0.25, 0.3) is 0 Å². The highest BCUT2D eigenvalue weighted by Gasteiger charge is 2.07. The Morgan fingerprint density at radius 2 is 1.89 bits per heavy atom. The van der Waals surface area contributed by atoms with Gasteiger partial charge in [0.2, 0.25) is 5.91 Å². The summed E-state index contributed by atoms with van der Waals surface area (Å²) >= 11 is 12.0. The Balaban J connectivity index is 2.38. The molecule has 0 aliphatic heterocycles. The molecule has 1 rings (SSSR count). The maximum Gasteiger partial charge on any atom is 0.239 e. The summed E-state index contributed by atoms with van der Waals surface area (Å²) in [5.41, 5.74) is 0.597. The third-order valence-electron chi connectivity index (χ3n) is 2.43. The highest BCUT2D eigenvalue weighted by atomic mass is 35.5. The number of rotatable bonds is 6. The largest absolute Gasteiger partial charge is 0.374 e. The van der Waals surface area contributed by atoms with Gasteiger partial charge in [0.15, 0.2) is 0 Å². The Morgan fingerprint density at radius 3 is 2.44 bits per heavy atom. The van der Waals surface area contributed by atoms with Gasteiger partial charge >= 0.3 is 0 Å². The fourth-order valence-corrected chi connectivity index (χ4v) is 1.93. The van der Waals surface area contributed by atoms with Crippen molar-refractivity contribution < 1.29 is 4.79 Å². The van der Waals surface area contributed by atoms with Gasteiger partial charge in [-0.05, 0) is 24.5 Å². The lowest BCUT2D eigenvalue weighted by molar-refractivity contribution is -0.119. The number of amides is 1. The molecule has 0 heterocycles. The van der Waals surface area contributed by atoms with Crippen molar-refractivity contribution in [2.45, 2.75) is 20.3 Å². The molecule has 0 unspecified atom stereocenters. The quantitative estimate of drug-likeness (QED) is 0.840. The zero-order valence-corrected chi connectivity index (χ0v) is 12.1. The van der Waals surface area contributed by atoms with Crippen molar-refractivity contribution in [1.29, 1.82) is 0 Å². The van der Waals surface area contributed by atoms with Crippen LogP contribution in [0.2, 0.25) is 10.0 Å². The van der Waals surface area contributed by atoms with Gasteiger partial charge < -0.3 is 10.6 Å². The lowest BCUT2D eigenvalue weighted by Gasteiger charge is -2.11. The predicted octanol–water partition coefficient (Wildman–Crippen LogP) is 3.57. The standard InChI is InChI=1S/C13H18Cl2N2O/c1-9(2)6-7-16-12(18)8-17-13-10(14)4-3-5-11(13)15/h3-5,9,17H,6-8H2,1-2H3,(H,16,18). The van der Waals surface area contributed by atoms with Gasteiger partial charge in [0, 0.05) is 6.54 Å². The van der Waals surface area contributed by atoms with Gasteiger partial charge in [-0.2, -0.15) is 0 Å². The van der Waals surface area contributed by atoms with Crippen LogP contribution in [0.1, 0.15) is 20.3 Å². The van der Waals surface area contributed by atoms with E-state index in [0.717, 1.165) is 6.42 Å². The van der Waals surface area contributed by atoms with Crippen molar-refractivity contribution in [2.24, 2.45) is 5.92 Å². The van der Waals surface area contributed by atoms with Crippen LogP contribution < -0.4 is 10.6 Å². The second-order valence-electron chi connectivity index (χ2n) is 4.48. The van der Waals surface area contributed by atoms with Gasteiger partial charge in [-0.1, -0.05) is 43.1 Å². The molecule has 0 radical (unpaired) electrons. The number of nitrogens with one attached hydrogen (secondary N) is 2. The summed E-state index contributed by atoms with van der Waals surface area (Å²) < 4.78 is 0.